The van der Waals surface area contributed by atoms with Crippen LogP contribution in [0, 0.1) is 0 Å². The Morgan fingerprint density at radius 3 is 1.56 bits per heavy atom. The van der Waals surface area contributed by atoms with Crippen molar-refractivity contribution < 1.29 is 0 Å². The molecule has 12 heterocycles. The molecule has 0 aliphatic heterocycles. The quantitative estimate of drug-likeness (QED) is 0.119. The largest absolute Gasteiger partial charge is 0.376 e. The fourth-order valence-electron chi connectivity index (χ4n) is 7.17. The fraction of sp³-hybridized carbons (Fsp3) is 0.0870. The van der Waals surface area contributed by atoms with Crippen LogP contribution in [0.15, 0.2) is 127 Å². The first-order valence-electron chi connectivity index (χ1n) is 20.0. The maximum Gasteiger partial charge on any atom is 0.181 e. The van der Waals surface area contributed by atoms with Gasteiger partial charge in [-0.25, -0.2) is 19.9 Å². The van der Waals surface area contributed by atoms with Crippen molar-refractivity contribution in [1.29, 1.82) is 0 Å². The highest BCUT2D eigenvalue weighted by molar-refractivity contribution is 7.14. The molecule has 0 spiro atoms. The minimum absolute atomic E-state index is 0.637. The zero-order valence-corrected chi connectivity index (χ0v) is 36.0. The summed E-state index contributed by atoms with van der Waals surface area (Å²) in [6.45, 7) is 4.00. The van der Waals surface area contributed by atoms with E-state index in [2.05, 4.69) is 101 Å². The van der Waals surface area contributed by atoms with Crippen molar-refractivity contribution in [2.75, 3.05) is 19.0 Å². The number of aromatic amines is 4. The molecule has 17 heteroatoms. The highest BCUT2D eigenvalue weighted by Gasteiger charge is 2.19. The second-order valence-electron chi connectivity index (χ2n) is 14.2. The van der Waals surface area contributed by atoms with Crippen molar-refractivity contribution in [3.63, 3.8) is 0 Å². The van der Waals surface area contributed by atoms with Gasteiger partial charge in [0.05, 0.1) is 46.1 Å². The summed E-state index contributed by atoms with van der Waals surface area (Å²) < 4.78 is 0. The van der Waals surface area contributed by atoms with E-state index in [0.717, 1.165) is 93.0 Å². The first-order chi connectivity index (χ1) is 31.0. The van der Waals surface area contributed by atoms with E-state index in [0.29, 0.717) is 22.9 Å². The third-order valence-corrected chi connectivity index (χ3v) is 12.0. The highest BCUT2D eigenvalue weighted by atomic mass is 32.1. The lowest BCUT2D eigenvalue weighted by atomic mass is 10.1. The maximum absolute atomic E-state index is 4.89. The van der Waals surface area contributed by atoms with E-state index in [1.165, 1.54) is 0 Å². The topological polar surface area (TPSA) is 195 Å². The van der Waals surface area contributed by atoms with Crippen molar-refractivity contribution in [3.05, 3.63) is 127 Å². The lowest BCUT2D eigenvalue weighted by Crippen LogP contribution is -2.08. The Balaban J connectivity index is 0.000000145. The molecule has 0 aliphatic carbocycles. The number of thiophene rings is 2. The average molecular weight is 864 g/mol. The third kappa shape index (κ3) is 7.44. The summed E-state index contributed by atoms with van der Waals surface area (Å²) in [5.74, 6) is 1.41. The molecular formula is C46H37N15S2. The van der Waals surface area contributed by atoms with Gasteiger partial charge >= 0.3 is 0 Å². The normalized spacial score (nSPS) is 11.2. The summed E-state index contributed by atoms with van der Waals surface area (Å²) >= 11 is 3.34. The Morgan fingerprint density at radius 1 is 0.524 bits per heavy atom. The van der Waals surface area contributed by atoms with E-state index in [1.807, 2.05) is 94.3 Å². The second-order valence-corrected chi connectivity index (χ2v) is 16.1. The molecule has 0 unspecified atom stereocenters. The van der Waals surface area contributed by atoms with Crippen LogP contribution in [0.3, 0.4) is 0 Å². The molecule has 12 aromatic rings. The number of anilines is 1. The molecule has 63 heavy (non-hydrogen) atoms. The van der Waals surface area contributed by atoms with E-state index in [4.69, 9.17) is 9.97 Å². The fourth-order valence-corrected chi connectivity index (χ4v) is 8.64. The van der Waals surface area contributed by atoms with Gasteiger partial charge in [-0.05, 0) is 47.2 Å². The number of pyridine rings is 6. The van der Waals surface area contributed by atoms with Crippen molar-refractivity contribution in [3.8, 4) is 66.2 Å². The van der Waals surface area contributed by atoms with E-state index in [9.17, 15) is 0 Å². The SMILES string of the molecule is CC.CN(C)c1cncc(-c2cnc3n[nH]c(-c4nc5c(-c6cccs6)cncc5[nH]4)c3c2)c1.c1cncc(-c2cnc3n[nH]c(-c4nc5c(-c6cccs6)cncc5[nH]4)c3c2)c1. The van der Waals surface area contributed by atoms with Gasteiger partial charge in [-0.1, -0.05) is 32.0 Å². The predicted molar refractivity (Wildman–Crippen MR) is 252 cm³/mol. The number of hydrogen-bond acceptors (Lipinski definition) is 13. The molecule has 0 radical (unpaired) electrons. The Kier molecular flexibility index (Phi) is 10.4. The summed E-state index contributed by atoms with van der Waals surface area (Å²) in [5.41, 5.74) is 13.4. The molecule has 15 nitrogen and oxygen atoms in total. The monoisotopic (exact) mass is 863 g/mol. The summed E-state index contributed by atoms with van der Waals surface area (Å²) in [4.78, 5) is 47.2. The zero-order valence-electron chi connectivity index (χ0n) is 34.4. The number of H-pyrrole nitrogens is 4. The Labute approximate surface area is 367 Å². The van der Waals surface area contributed by atoms with Crippen LogP contribution in [0.4, 0.5) is 5.69 Å². The van der Waals surface area contributed by atoms with Crippen LogP contribution in [0.1, 0.15) is 13.8 Å². The first-order valence-corrected chi connectivity index (χ1v) is 21.8. The summed E-state index contributed by atoms with van der Waals surface area (Å²) in [6.07, 6.45) is 18.2. The molecule has 12 aromatic heterocycles. The van der Waals surface area contributed by atoms with Gasteiger partial charge in [0.2, 0.25) is 0 Å². The smallest absolute Gasteiger partial charge is 0.181 e. The lowest BCUT2D eigenvalue weighted by molar-refractivity contribution is 1.09. The van der Waals surface area contributed by atoms with Crippen molar-refractivity contribution in [2.24, 2.45) is 0 Å². The Hall–Kier alpha value is -8.02. The van der Waals surface area contributed by atoms with Gasteiger partial charge in [0.1, 0.15) is 22.4 Å². The third-order valence-electron chi connectivity index (χ3n) is 10.2. The lowest BCUT2D eigenvalue weighted by Gasteiger charge is -2.12. The number of aromatic nitrogens is 14. The van der Waals surface area contributed by atoms with Crippen LogP contribution in [-0.4, -0.2) is 84.3 Å². The molecule has 0 saturated carbocycles. The van der Waals surface area contributed by atoms with Crippen LogP contribution in [0.5, 0.6) is 0 Å². The Morgan fingerprint density at radius 2 is 1.05 bits per heavy atom. The summed E-state index contributed by atoms with van der Waals surface area (Å²) in [5, 5.41) is 20.8. The molecule has 308 valence electrons. The number of nitrogens with zero attached hydrogens (tertiary/aromatic N) is 11. The van der Waals surface area contributed by atoms with Gasteiger partial charge in [0, 0.05) is 101 Å². The van der Waals surface area contributed by atoms with Crippen molar-refractivity contribution in [1.82, 2.24) is 70.2 Å². The minimum Gasteiger partial charge on any atom is -0.376 e. The number of hydrogen-bond donors (Lipinski definition) is 4. The van der Waals surface area contributed by atoms with Crippen LogP contribution >= 0.6 is 22.7 Å². The van der Waals surface area contributed by atoms with E-state index in [1.54, 1.807) is 47.5 Å². The van der Waals surface area contributed by atoms with E-state index < -0.39 is 0 Å². The molecular weight excluding hydrogens is 827 g/mol. The number of rotatable bonds is 7. The highest BCUT2D eigenvalue weighted by Crippen LogP contribution is 2.35. The van der Waals surface area contributed by atoms with Crippen LogP contribution in [0.25, 0.3) is 110 Å². The maximum atomic E-state index is 4.89. The van der Waals surface area contributed by atoms with Gasteiger partial charge in [0.15, 0.2) is 22.9 Å². The Bertz CT molecular complexity index is 3480. The van der Waals surface area contributed by atoms with Crippen molar-refractivity contribution in [2.45, 2.75) is 13.8 Å². The van der Waals surface area contributed by atoms with Gasteiger partial charge in [-0.2, -0.15) is 10.2 Å². The zero-order chi connectivity index (χ0) is 42.9. The van der Waals surface area contributed by atoms with Gasteiger partial charge in [-0.15, -0.1) is 22.7 Å². The molecule has 0 amide bonds. The molecule has 0 aromatic carbocycles. The molecule has 4 N–H and O–H groups in total. The molecule has 0 bridgehead atoms. The minimum atomic E-state index is 0.637. The van der Waals surface area contributed by atoms with Gasteiger partial charge in [-0.3, -0.25) is 30.1 Å². The van der Waals surface area contributed by atoms with E-state index >= 15 is 0 Å². The summed E-state index contributed by atoms with van der Waals surface area (Å²) in [7, 11) is 3.99. The number of fused-ring (bicyclic) bond motifs is 4. The molecule has 0 aliphatic rings. The van der Waals surface area contributed by atoms with Crippen LogP contribution in [-0.2, 0) is 0 Å². The molecule has 0 atom stereocenters. The number of nitrogens with one attached hydrogen (secondary N) is 4. The molecule has 0 fully saturated rings. The molecule has 0 saturated heterocycles. The summed E-state index contributed by atoms with van der Waals surface area (Å²) in [6, 6.07) is 18.4. The average Bonchev–Trinajstić information content (AvgIpc) is 4.20. The van der Waals surface area contributed by atoms with Gasteiger partial charge in [0.25, 0.3) is 0 Å². The van der Waals surface area contributed by atoms with Crippen LogP contribution < -0.4 is 4.90 Å². The molecule has 12 rings (SSSR count). The van der Waals surface area contributed by atoms with Crippen molar-refractivity contribution >= 4 is 72.5 Å². The number of imidazole rings is 2. The van der Waals surface area contributed by atoms with Gasteiger partial charge < -0.3 is 14.9 Å². The predicted octanol–water partition coefficient (Wildman–Crippen LogP) is 10.5. The standard InChI is InChI=1S/C23H18N8S.C21H13N7S.C2H6/c1-31(2)15-6-13(8-24-10-15)14-7-16-21(29-30-22(16)26-9-14)23-27-18-12-25-11-17(20(18)28-23)19-4-3-5-32-19;1-3-12(8-22-5-1)13-7-14-19(27-28-20(14)24-9-13)21-25-16-11-23-10-15(18(16)26-21)17-4-2-6-29-17;1-2/h3-12H,1-2H3,(H,27,28)(H,26,29,30);1-11H,(H,25,26)(H,24,27,28);1-2H3. The van der Waals surface area contributed by atoms with E-state index in [-0.39, 0.29) is 0 Å². The van der Waals surface area contributed by atoms with Crippen LogP contribution in [0.2, 0.25) is 0 Å². The first kappa shape index (κ1) is 39.1. The second kappa shape index (κ2) is 16.8.